The highest BCUT2D eigenvalue weighted by molar-refractivity contribution is 7.74. The lowest BCUT2D eigenvalue weighted by molar-refractivity contribution is 0.471. The second kappa shape index (κ2) is 6.21. The molecule has 0 radical (unpaired) electrons. The molecular weight excluding hydrogens is 199 g/mol. The lowest BCUT2D eigenvalue weighted by Crippen LogP contribution is -1.68. The maximum atomic E-state index is 8.92. The van der Waals surface area contributed by atoms with E-state index < -0.39 is 7.73 Å². The fourth-order valence-electron chi connectivity index (χ4n) is 0.563. The van der Waals surface area contributed by atoms with Crippen LogP contribution in [0.2, 0.25) is 0 Å². The summed E-state index contributed by atoms with van der Waals surface area (Å²) in [5, 5.41) is 8.92. The fraction of sp³-hybridized carbons (Fsp3) is 0.143. The minimum Gasteiger partial charge on any atom is -0.508 e. The van der Waals surface area contributed by atoms with Crippen molar-refractivity contribution in [1.29, 1.82) is 0 Å². The zero-order chi connectivity index (χ0) is 9.56. The number of hydrogen-bond acceptors (Lipinski definition) is 3. The van der Waals surface area contributed by atoms with Gasteiger partial charge in [0.05, 0.1) is 0 Å². The van der Waals surface area contributed by atoms with Crippen molar-refractivity contribution in [3.63, 3.8) is 0 Å². The molecule has 0 aliphatic rings. The molecule has 1 aromatic carbocycles. The van der Waals surface area contributed by atoms with Crippen LogP contribution in [0.3, 0.4) is 0 Å². The number of para-hydroxylation sites is 1. The third-order valence-corrected chi connectivity index (χ3v) is 1.12. The van der Waals surface area contributed by atoms with E-state index in [2.05, 4.69) is 11.2 Å². The van der Waals surface area contributed by atoms with E-state index in [1.54, 1.807) is 6.07 Å². The smallest absolute Gasteiger partial charge is 0.271 e. The summed E-state index contributed by atoms with van der Waals surface area (Å²) in [6.07, 6.45) is 0. The summed E-state index contributed by atoms with van der Waals surface area (Å²) in [7, 11) is -2.15. The lowest BCUT2D eigenvalue weighted by atomic mass is 10.2. The second-order valence-electron chi connectivity index (χ2n) is 2.03. The Kier molecular flexibility index (Phi) is 6.03. The van der Waals surface area contributed by atoms with Crippen LogP contribution in [0.25, 0.3) is 0 Å². The predicted octanol–water partition coefficient (Wildman–Crippen LogP) is 2.14. The Labute approximate surface area is 77.0 Å². The summed E-state index contributed by atoms with van der Waals surface area (Å²) in [4.78, 5) is 14.9. The number of benzene rings is 1. The Morgan fingerprint density at radius 3 is 1.92 bits per heavy atom. The molecule has 1 aromatic rings. The molecule has 12 heavy (non-hydrogen) atoms. The highest BCUT2D eigenvalue weighted by Gasteiger charge is 1.86. The number of rotatable bonds is 0. The summed E-state index contributed by atoms with van der Waals surface area (Å²) in [6, 6.07) is 7.25. The number of hydrogen-bond donors (Lipinski definition) is 3. The molecule has 0 aliphatic heterocycles. The Bertz CT molecular complexity index is 206. The van der Waals surface area contributed by atoms with E-state index in [0.717, 1.165) is 5.56 Å². The molecule has 68 valence electrons. The van der Waals surface area contributed by atoms with E-state index in [9.17, 15) is 0 Å². The van der Waals surface area contributed by atoms with Crippen LogP contribution in [0.15, 0.2) is 24.3 Å². The number of halogens is 1. The summed E-state index contributed by atoms with van der Waals surface area (Å²) >= 11 is 4.45. The van der Waals surface area contributed by atoms with Gasteiger partial charge in [-0.25, -0.2) is 0 Å². The largest absolute Gasteiger partial charge is 0.508 e. The molecule has 5 heteroatoms. The van der Waals surface area contributed by atoms with Gasteiger partial charge >= 0.3 is 0 Å². The Balaban J connectivity index is 0.000000261. The number of phenols is 1. The van der Waals surface area contributed by atoms with Crippen molar-refractivity contribution in [2.24, 2.45) is 0 Å². The Hall–Kier alpha value is -0.340. The van der Waals surface area contributed by atoms with Gasteiger partial charge in [-0.15, -0.1) is 0 Å². The van der Waals surface area contributed by atoms with E-state index in [1.807, 2.05) is 25.1 Å². The zero-order valence-corrected chi connectivity index (χ0v) is 8.13. The van der Waals surface area contributed by atoms with Crippen molar-refractivity contribution >= 4 is 19.0 Å². The highest BCUT2D eigenvalue weighted by atomic mass is 35.7. The van der Waals surface area contributed by atoms with Crippen LogP contribution in [0.5, 0.6) is 5.75 Å². The van der Waals surface area contributed by atoms with Gasteiger partial charge in [0.15, 0.2) is 0 Å². The number of aromatic hydroxyl groups is 1. The van der Waals surface area contributed by atoms with E-state index in [1.165, 1.54) is 0 Å². The monoisotopic (exact) mass is 208 g/mol. The standard InChI is InChI=1S/C7H8O.ClH2O2P/c1-6-4-2-3-5-7(6)8;1-4(2)3/h2-5,8H,1H3;2-3H. The van der Waals surface area contributed by atoms with Gasteiger partial charge in [0.2, 0.25) is 0 Å². The summed E-state index contributed by atoms with van der Waals surface area (Å²) in [6.45, 7) is 1.87. The van der Waals surface area contributed by atoms with Crippen LogP contribution in [0, 0.1) is 6.92 Å². The number of aryl methyl sites for hydroxylation is 1. The van der Waals surface area contributed by atoms with Crippen molar-refractivity contribution in [3.05, 3.63) is 29.8 Å². The number of phenolic OH excluding ortho intramolecular Hbond substituents is 1. The van der Waals surface area contributed by atoms with Crippen molar-refractivity contribution in [2.45, 2.75) is 6.92 Å². The molecule has 0 aromatic heterocycles. The third kappa shape index (κ3) is 6.38. The van der Waals surface area contributed by atoms with Gasteiger partial charge in [-0.3, -0.25) is 0 Å². The van der Waals surface area contributed by atoms with E-state index in [0.29, 0.717) is 5.75 Å². The molecule has 1 rings (SSSR count). The molecule has 0 saturated heterocycles. The average molecular weight is 209 g/mol. The van der Waals surface area contributed by atoms with Gasteiger partial charge in [0.25, 0.3) is 7.73 Å². The van der Waals surface area contributed by atoms with Gasteiger partial charge in [0, 0.05) is 0 Å². The molecule has 3 N–H and O–H groups in total. The van der Waals surface area contributed by atoms with Crippen molar-refractivity contribution in [1.82, 2.24) is 0 Å². The topological polar surface area (TPSA) is 60.7 Å². The molecule has 0 saturated carbocycles. The summed E-state index contributed by atoms with van der Waals surface area (Å²) < 4.78 is 0. The first-order valence-corrected chi connectivity index (χ1v) is 5.27. The minimum absolute atomic E-state index is 0.368. The summed E-state index contributed by atoms with van der Waals surface area (Å²) in [5.41, 5.74) is 0.924. The van der Waals surface area contributed by atoms with Gasteiger partial charge in [-0.1, -0.05) is 18.2 Å². The molecule has 3 nitrogen and oxygen atoms in total. The molecule has 0 fully saturated rings. The van der Waals surface area contributed by atoms with Gasteiger partial charge in [0.1, 0.15) is 5.75 Å². The van der Waals surface area contributed by atoms with Crippen LogP contribution < -0.4 is 0 Å². The normalized spacial score (nSPS) is 9.08. The fourth-order valence-corrected chi connectivity index (χ4v) is 0.563. The van der Waals surface area contributed by atoms with Crippen LogP contribution in [0.4, 0.5) is 0 Å². The van der Waals surface area contributed by atoms with Gasteiger partial charge < -0.3 is 14.9 Å². The van der Waals surface area contributed by atoms with Crippen molar-refractivity contribution < 1.29 is 14.9 Å². The molecule has 0 spiro atoms. The molecule has 0 heterocycles. The van der Waals surface area contributed by atoms with Crippen LogP contribution in [-0.4, -0.2) is 14.9 Å². The molecule has 0 aliphatic carbocycles. The van der Waals surface area contributed by atoms with Gasteiger partial charge in [-0.05, 0) is 29.8 Å². The quantitative estimate of drug-likeness (QED) is 0.573. The van der Waals surface area contributed by atoms with Crippen LogP contribution in [-0.2, 0) is 0 Å². The highest BCUT2D eigenvalue weighted by Crippen LogP contribution is 2.27. The maximum absolute atomic E-state index is 8.92. The Morgan fingerprint density at radius 1 is 1.25 bits per heavy atom. The first-order chi connectivity index (χ1) is 5.54. The minimum atomic E-state index is -2.15. The molecule has 0 atom stereocenters. The second-order valence-corrected chi connectivity index (χ2v) is 3.42. The van der Waals surface area contributed by atoms with E-state index >= 15 is 0 Å². The van der Waals surface area contributed by atoms with E-state index in [-0.39, 0.29) is 0 Å². The maximum Gasteiger partial charge on any atom is 0.271 e. The van der Waals surface area contributed by atoms with E-state index in [4.69, 9.17) is 14.9 Å². The first kappa shape index (κ1) is 11.7. The van der Waals surface area contributed by atoms with Crippen LogP contribution in [0.1, 0.15) is 5.56 Å². The molecular formula is C7H10ClO3P. The molecule has 0 bridgehead atoms. The predicted molar refractivity (Wildman–Crippen MR) is 50.1 cm³/mol. The zero-order valence-electron chi connectivity index (χ0n) is 6.48. The molecule has 0 amide bonds. The SMILES string of the molecule is Cc1ccccc1O.OP(O)Cl. The first-order valence-electron chi connectivity index (χ1n) is 3.12. The molecule has 0 unspecified atom stereocenters. The van der Waals surface area contributed by atoms with Crippen molar-refractivity contribution in [2.75, 3.05) is 0 Å². The van der Waals surface area contributed by atoms with Crippen molar-refractivity contribution in [3.8, 4) is 5.75 Å². The van der Waals surface area contributed by atoms with Gasteiger partial charge in [-0.2, -0.15) is 0 Å². The lowest BCUT2D eigenvalue weighted by Gasteiger charge is -1.92. The average Bonchev–Trinajstić information content (AvgIpc) is 1.94. The summed E-state index contributed by atoms with van der Waals surface area (Å²) in [5.74, 6) is 0.368. The third-order valence-electron chi connectivity index (χ3n) is 1.12. The Morgan fingerprint density at radius 2 is 1.67 bits per heavy atom. The van der Waals surface area contributed by atoms with Crippen LogP contribution >= 0.6 is 19.0 Å².